The van der Waals surface area contributed by atoms with E-state index in [0.717, 1.165) is 19.4 Å². The molecule has 4 nitrogen and oxygen atoms in total. The SMILES string of the molecule is CCOc1ccc(C(=O)N(CC)C2CCCC2)cc1OC. The highest BCUT2D eigenvalue weighted by Crippen LogP contribution is 2.30. The second-order valence-electron chi connectivity index (χ2n) is 5.33. The predicted octanol–water partition coefficient (Wildman–Crippen LogP) is 3.50. The van der Waals surface area contributed by atoms with Gasteiger partial charge in [0.25, 0.3) is 5.91 Å². The maximum Gasteiger partial charge on any atom is 0.254 e. The molecule has 1 aliphatic carbocycles. The van der Waals surface area contributed by atoms with Crippen LogP contribution < -0.4 is 9.47 Å². The summed E-state index contributed by atoms with van der Waals surface area (Å²) in [5.41, 5.74) is 0.670. The molecule has 2 rings (SSSR count). The number of carbonyl (C=O) groups excluding carboxylic acids is 1. The molecule has 0 bridgehead atoms. The first-order valence-electron chi connectivity index (χ1n) is 7.83. The van der Waals surface area contributed by atoms with Crippen LogP contribution in [0.5, 0.6) is 11.5 Å². The Bertz CT molecular complexity index is 481. The predicted molar refractivity (Wildman–Crippen MR) is 83.1 cm³/mol. The molecule has 0 heterocycles. The topological polar surface area (TPSA) is 38.8 Å². The van der Waals surface area contributed by atoms with Gasteiger partial charge in [0, 0.05) is 18.2 Å². The molecule has 0 unspecified atom stereocenters. The fourth-order valence-electron chi connectivity index (χ4n) is 3.02. The zero-order valence-corrected chi connectivity index (χ0v) is 13.2. The number of methoxy groups -OCH3 is 1. The zero-order chi connectivity index (χ0) is 15.2. The molecule has 21 heavy (non-hydrogen) atoms. The largest absolute Gasteiger partial charge is 0.493 e. The molecular formula is C17H25NO3. The standard InChI is InChI=1S/C17H25NO3/c1-4-18(14-8-6-7-9-14)17(19)13-10-11-15(21-5-2)16(12-13)20-3/h10-12,14H,4-9H2,1-3H3. The van der Waals surface area contributed by atoms with Crippen molar-refractivity contribution in [3.63, 3.8) is 0 Å². The van der Waals surface area contributed by atoms with Crippen molar-refractivity contribution in [3.8, 4) is 11.5 Å². The quantitative estimate of drug-likeness (QED) is 0.805. The lowest BCUT2D eigenvalue weighted by atomic mass is 10.1. The van der Waals surface area contributed by atoms with Crippen molar-refractivity contribution in [2.45, 2.75) is 45.6 Å². The Balaban J connectivity index is 2.21. The lowest BCUT2D eigenvalue weighted by molar-refractivity contribution is 0.0693. The Morgan fingerprint density at radius 1 is 1.24 bits per heavy atom. The lowest BCUT2D eigenvalue weighted by Gasteiger charge is -2.28. The second kappa shape index (κ2) is 7.34. The molecule has 1 aliphatic rings. The maximum atomic E-state index is 12.7. The van der Waals surface area contributed by atoms with E-state index in [4.69, 9.17) is 9.47 Å². The summed E-state index contributed by atoms with van der Waals surface area (Å²) in [6.45, 7) is 5.30. The van der Waals surface area contributed by atoms with Crippen molar-refractivity contribution in [1.82, 2.24) is 4.90 Å². The van der Waals surface area contributed by atoms with Gasteiger partial charge in [-0.3, -0.25) is 4.79 Å². The van der Waals surface area contributed by atoms with E-state index in [1.54, 1.807) is 13.2 Å². The van der Waals surface area contributed by atoms with E-state index >= 15 is 0 Å². The van der Waals surface area contributed by atoms with E-state index in [2.05, 4.69) is 0 Å². The van der Waals surface area contributed by atoms with Gasteiger partial charge in [-0.05, 0) is 44.9 Å². The lowest BCUT2D eigenvalue weighted by Crippen LogP contribution is -2.38. The van der Waals surface area contributed by atoms with Crippen molar-refractivity contribution in [2.24, 2.45) is 0 Å². The van der Waals surface area contributed by atoms with Gasteiger partial charge in [-0.25, -0.2) is 0 Å². The van der Waals surface area contributed by atoms with E-state index in [1.807, 2.05) is 30.9 Å². The molecule has 1 amide bonds. The Labute approximate surface area is 127 Å². The summed E-state index contributed by atoms with van der Waals surface area (Å²) in [6, 6.07) is 5.82. The molecule has 1 aromatic carbocycles. The first-order valence-corrected chi connectivity index (χ1v) is 7.83. The highest BCUT2D eigenvalue weighted by molar-refractivity contribution is 5.95. The van der Waals surface area contributed by atoms with E-state index < -0.39 is 0 Å². The molecule has 1 aromatic rings. The van der Waals surface area contributed by atoms with Crippen LogP contribution in [-0.4, -0.2) is 37.1 Å². The normalized spacial score (nSPS) is 15.0. The molecule has 116 valence electrons. The Morgan fingerprint density at radius 2 is 1.95 bits per heavy atom. The highest BCUT2D eigenvalue weighted by atomic mass is 16.5. The fraction of sp³-hybridized carbons (Fsp3) is 0.588. The zero-order valence-electron chi connectivity index (χ0n) is 13.2. The number of rotatable bonds is 6. The number of nitrogens with zero attached hydrogens (tertiary/aromatic N) is 1. The summed E-state index contributed by atoms with van der Waals surface area (Å²) >= 11 is 0. The molecule has 0 N–H and O–H groups in total. The van der Waals surface area contributed by atoms with E-state index in [-0.39, 0.29) is 5.91 Å². The first-order chi connectivity index (χ1) is 10.2. The number of ether oxygens (including phenoxy) is 2. The molecular weight excluding hydrogens is 266 g/mol. The molecule has 0 spiro atoms. The van der Waals surface area contributed by atoms with Crippen molar-refractivity contribution in [3.05, 3.63) is 23.8 Å². The monoisotopic (exact) mass is 291 g/mol. The summed E-state index contributed by atoms with van der Waals surface area (Å²) in [4.78, 5) is 14.7. The molecule has 0 aromatic heterocycles. The Kier molecular flexibility index (Phi) is 5.48. The van der Waals surface area contributed by atoms with Crippen LogP contribution in [-0.2, 0) is 0 Å². The average Bonchev–Trinajstić information content (AvgIpc) is 3.02. The molecule has 0 atom stereocenters. The van der Waals surface area contributed by atoms with Crippen LogP contribution in [0.4, 0.5) is 0 Å². The smallest absolute Gasteiger partial charge is 0.254 e. The van der Waals surface area contributed by atoms with Gasteiger partial charge in [0.15, 0.2) is 11.5 Å². The minimum atomic E-state index is 0.0887. The average molecular weight is 291 g/mol. The summed E-state index contributed by atoms with van der Waals surface area (Å²) in [5, 5.41) is 0. The summed E-state index contributed by atoms with van der Waals surface area (Å²) in [7, 11) is 1.60. The van der Waals surface area contributed by atoms with Crippen LogP contribution >= 0.6 is 0 Å². The van der Waals surface area contributed by atoms with Gasteiger partial charge in [-0.2, -0.15) is 0 Å². The Morgan fingerprint density at radius 3 is 2.52 bits per heavy atom. The number of hydrogen-bond donors (Lipinski definition) is 0. The van der Waals surface area contributed by atoms with Gasteiger partial charge < -0.3 is 14.4 Å². The summed E-state index contributed by atoms with van der Waals surface area (Å²) < 4.78 is 10.8. The summed E-state index contributed by atoms with van der Waals surface area (Å²) in [5.74, 6) is 1.39. The molecule has 1 fully saturated rings. The van der Waals surface area contributed by atoms with E-state index in [1.165, 1.54) is 12.8 Å². The van der Waals surface area contributed by atoms with E-state index in [0.29, 0.717) is 29.7 Å². The minimum Gasteiger partial charge on any atom is -0.493 e. The van der Waals surface area contributed by atoms with Crippen LogP contribution in [0, 0.1) is 0 Å². The third kappa shape index (κ3) is 3.49. The van der Waals surface area contributed by atoms with Gasteiger partial charge in [-0.15, -0.1) is 0 Å². The number of carbonyl (C=O) groups is 1. The second-order valence-corrected chi connectivity index (χ2v) is 5.33. The van der Waals surface area contributed by atoms with E-state index in [9.17, 15) is 4.79 Å². The van der Waals surface area contributed by atoms with Crippen molar-refractivity contribution in [2.75, 3.05) is 20.3 Å². The minimum absolute atomic E-state index is 0.0887. The molecule has 0 radical (unpaired) electrons. The number of benzene rings is 1. The fourth-order valence-corrected chi connectivity index (χ4v) is 3.02. The van der Waals surface area contributed by atoms with Gasteiger partial charge in [0.2, 0.25) is 0 Å². The van der Waals surface area contributed by atoms with Crippen molar-refractivity contribution < 1.29 is 14.3 Å². The summed E-state index contributed by atoms with van der Waals surface area (Å²) in [6.07, 6.45) is 4.68. The molecule has 0 aliphatic heterocycles. The van der Waals surface area contributed by atoms with Crippen LogP contribution in [0.1, 0.15) is 49.9 Å². The molecule has 0 saturated heterocycles. The maximum absolute atomic E-state index is 12.7. The van der Waals surface area contributed by atoms with Crippen molar-refractivity contribution >= 4 is 5.91 Å². The highest BCUT2D eigenvalue weighted by Gasteiger charge is 2.26. The van der Waals surface area contributed by atoms with Crippen molar-refractivity contribution in [1.29, 1.82) is 0 Å². The molecule has 1 saturated carbocycles. The molecule has 4 heteroatoms. The van der Waals surface area contributed by atoms with Crippen LogP contribution in [0.15, 0.2) is 18.2 Å². The Hall–Kier alpha value is -1.71. The van der Waals surface area contributed by atoms with Crippen LogP contribution in [0.2, 0.25) is 0 Å². The van der Waals surface area contributed by atoms with Gasteiger partial charge in [0.1, 0.15) is 0 Å². The van der Waals surface area contributed by atoms with Crippen LogP contribution in [0.25, 0.3) is 0 Å². The van der Waals surface area contributed by atoms with Crippen LogP contribution in [0.3, 0.4) is 0 Å². The van der Waals surface area contributed by atoms with Gasteiger partial charge in [-0.1, -0.05) is 12.8 Å². The number of amides is 1. The van der Waals surface area contributed by atoms with Gasteiger partial charge >= 0.3 is 0 Å². The number of hydrogen-bond acceptors (Lipinski definition) is 3. The third-order valence-corrected chi connectivity index (χ3v) is 4.08. The third-order valence-electron chi connectivity index (χ3n) is 4.08. The van der Waals surface area contributed by atoms with Gasteiger partial charge in [0.05, 0.1) is 13.7 Å². The first kappa shape index (κ1) is 15.7.